The molecule has 6 nitrogen and oxygen atoms in total. The third-order valence-corrected chi connectivity index (χ3v) is 4.45. The standard InChI is InChI=1S/C23H23N3O3/c1-16(27)24-13-14-25-23(29)18-9-11-20(12-10-18)26-22(28)15-19-7-4-6-17-5-2-3-8-21(17)19/h2-12H,13-15H2,1H3,(H,24,27)(H,25,29)(H,26,28). The van der Waals surface area contributed by atoms with Gasteiger partial charge in [0, 0.05) is 31.3 Å². The molecule has 0 spiro atoms. The van der Waals surface area contributed by atoms with Gasteiger partial charge in [0.25, 0.3) is 5.91 Å². The fourth-order valence-electron chi connectivity index (χ4n) is 3.05. The molecule has 3 aromatic carbocycles. The zero-order valence-corrected chi connectivity index (χ0v) is 16.2. The fourth-order valence-corrected chi connectivity index (χ4v) is 3.05. The lowest BCUT2D eigenvalue weighted by molar-refractivity contribution is -0.119. The average Bonchev–Trinajstić information content (AvgIpc) is 2.72. The van der Waals surface area contributed by atoms with E-state index in [1.54, 1.807) is 24.3 Å². The summed E-state index contributed by atoms with van der Waals surface area (Å²) in [5, 5.41) is 10.4. The monoisotopic (exact) mass is 389 g/mol. The van der Waals surface area contributed by atoms with Gasteiger partial charge in [-0.15, -0.1) is 0 Å². The number of hydrogen-bond donors (Lipinski definition) is 3. The lowest BCUT2D eigenvalue weighted by Gasteiger charge is -2.09. The number of anilines is 1. The largest absolute Gasteiger partial charge is 0.355 e. The molecule has 0 radical (unpaired) electrons. The van der Waals surface area contributed by atoms with Gasteiger partial charge in [0.2, 0.25) is 11.8 Å². The molecule has 0 atom stereocenters. The van der Waals surface area contributed by atoms with Crippen LogP contribution in [0.1, 0.15) is 22.8 Å². The molecule has 3 N–H and O–H groups in total. The molecule has 0 aliphatic rings. The van der Waals surface area contributed by atoms with Crippen LogP contribution in [0.2, 0.25) is 0 Å². The van der Waals surface area contributed by atoms with Crippen molar-refractivity contribution in [3.05, 3.63) is 77.9 Å². The number of carbonyl (C=O) groups excluding carboxylic acids is 3. The second kappa shape index (κ2) is 9.50. The van der Waals surface area contributed by atoms with Gasteiger partial charge in [-0.3, -0.25) is 14.4 Å². The van der Waals surface area contributed by atoms with E-state index >= 15 is 0 Å². The maximum Gasteiger partial charge on any atom is 0.251 e. The molecule has 3 rings (SSSR count). The third kappa shape index (κ3) is 5.65. The van der Waals surface area contributed by atoms with E-state index < -0.39 is 0 Å². The summed E-state index contributed by atoms with van der Waals surface area (Å²) < 4.78 is 0. The molecule has 0 saturated heterocycles. The number of nitrogens with one attached hydrogen (secondary N) is 3. The van der Waals surface area contributed by atoms with Crippen molar-refractivity contribution in [3.63, 3.8) is 0 Å². The van der Waals surface area contributed by atoms with Crippen molar-refractivity contribution in [2.24, 2.45) is 0 Å². The summed E-state index contributed by atoms with van der Waals surface area (Å²) in [5.41, 5.74) is 2.08. The minimum absolute atomic E-state index is 0.117. The van der Waals surface area contributed by atoms with Crippen LogP contribution in [0, 0.1) is 0 Å². The van der Waals surface area contributed by atoms with E-state index in [9.17, 15) is 14.4 Å². The van der Waals surface area contributed by atoms with Gasteiger partial charge in [-0.1, -0.05) is 42.5 Å². The molecule has 148 valence electrons. The van der Waals surface area contributed by atoms with Crippen molar-refractivity contribution in [2.45, 2.75) is 13.3 Å². The highest BCUT2D eigenvalue weighted by molar-refractivity contribution is 5.97. The first kappa shape index (κ1) is 20.1. The Bertz CT molecular complexity index is 1020. The Morgan fingerprint density at radius 2 is 1.48 bits per heavy atom. The summed E-state index contributed by atoms with van der Waals surface area (Å²) >= 11 is 0. The Morgan fingerprint density at radius 3 is 2.24 bits per heavy atom. The van der Waals surface area contributed by atoms with Gasteiger partial charge in [0.1, 0.15) is 0 Å². The molecule has 0 aliphatic heterocycles. The summed E-state index contributed by atoms with van der Waals surface area (Å²) in [5.74, 6) is -0.485. The predicted molar refractivity (Wildman–Crippen MR) is 114 cm³/mol. The van der Waals surface area contributed by atoms with Crippen molar-refractivity contribution >= 4 is 34.2 Å². The van der Waals surface area contributed by atoms with Crippen LogP contribution in [-0.2, 0) is 16.0 Å². The number of rotatable bonds is 7. The lowest BCUT2D eigenvalue weighted by atomic mass is 10.0. The Hall–Kier alpha value is -3.67. The molecular weight excluding hydrogens is 366 g/mol. The van der Waals surface area contributed by atoms with Crippen LogP contribution in [0.3, 0.4) is 0 Å². The second-order valence-corrected chi connectivity index (χ2v) is 6.68. The molecule has 3 amide bonds. The molecule has 0 bridgehead atoms. The summed E-state index contributed by atoms with van der Waals surface area (Å²) in [6.45, 7) is 2.15. The van der Waals surface area contributed by atoms with Gasteiger partial charge in [0.05, 0.1) is 6.42 Å². The smallest absolute Gasteiger partial charge is 0.251 e. The first-order valence-electron chi connectivity index (χ1n) is 9.42. The molecule has 0 aliphatic carbocycles. The summed E-state index contributed by atoms with van der Waals surface area (Å²) in [6, 6.07) is 20.6. The summed E-state index contributed by atoms with van der Waals surface area (Å²) in [6.07, 6.45) is 0.271. The highest BCUT2D eigenvalue weighted by Gasteiger charge is 2.09. The van der Waals surface area contributed by atoms with Gasteiger partial charge in [-0.2, -0.15) is 0 Å². The number of amides is 3. The zero-order valence-electron chi connectivity index (χ0n) is 16.2. The lowest BCUT2D eigenvalue weighted by Crippen LogP contribution is -2.33. The Balaban J connectivity index is 1.56. The van der Waals surface area contributed by atoms with E-state index in [0.29, 0.717) is 24.3 Å². The predicted octanol–water partition coefficient (Wildman–Crippen LogP) is 2.89. The van der Waals surface area contributed by atoms with Crippen LogP contribution in [0.25, 0.3) is 10.8 Å². The molecule has 29 heavy (non-hydrogen) atoms. The van der Waals surface area contributed by atoms with Crippen LogP contribution in [0.5, 0.6) is 0 Å². The van der Waals surface area contributed by atoms with Crippen molar-refractivity contribution in [3.8, 4) is 0 Å². The Morgan fingerprint density at radius 1 is 0.793 bits per heavy atom. The van der Waals surface area contributed by atoms with E-state index in [2.05, 4.69) is 16.0 Å². The van der Waals surface area contributed by atoms with E-state index in [1.165, 1.54) is 6.92 Å². The second-order valence-electron chi connectivity index (χ2n) is 6.68. The quantitative estimate of drug-likeness (QED) is 0.543. The highest BCUT2D eigenvalue weighted by Crippen LogP contribution is 2.19. The molecule has 0 saturated carbocycles. The van der Waals surface area contributed by atoms with Gasteiger partial charge in [0.15, 0.2) is 0 Å². The zero-order chi connectivity index (χ0) is 20.6. The number of carbonyl (C=O) groups is 3. The van der Waals surface area contributed by atoms with Crippen LogP contribution in [0.4, 0.5) is 5.69 Å². The van der Waals surface area contributed by atoms with Gasteiger partial charge >= 0.3 is 0 Å². The number of hydrogen-bond acceptors (Lipinski definition) is 3. The van der Waals surface area contributed by atoms with Crippen LogP contribution in [0.15, 0.2) is 66.7 Å². The molecule has 0 aromatic heterocycles. The van der Waals surface area contributed by atoms with Crippen molar-refractivity contribution in [1.29, 1.82) is 0 Å². The first-order chi connectivity index (χ1) is 14.0. The molecule has 6 heteroatoms. The van der Waals surface area contributed by atoms with E-state index in [-0.39, 0.29) is 24.1 Å². The topological polar surface area (TPSA) is 87.3 Å². The normalized spacial score (nSPS) is 10.4. The summed E-state index contributed by atoms with van der Waals surface area (Å²) in [4.78, 5) is 35.3. The van der Waals surface area contributed by atoms with E-state index in [4.69, 9.17) is 0 Å². The number of fused-ring (bicyclic) bond motifs is 1. The minimum atomic E-state index is -0.232. The third-order valence-electron chi connectivity index (χ3n) is 4.45. The molecular formula is C23H23N3O3. The maximum absolute atomic E-state index is 12.4. The summed E-state index contributed by atoms with van der Waals surface area (Å²) in [7, 11) is 0. The molecule has 0 unspecified atom stereocenters. The molecule has 0 heterocycles. The first-order valence-corrected chi connectivity index (χ1v) is 9.42. The minimum Gasteiger partial charge on any atom is -0.355 e. The van der Waals surface area contributed by atoms with Crippen molar-refractivity contribution in [1.82, 2.24) is 10.6 Å². The van der Waals surface area contributed by atoms with Gasteiger partial charge in [-0.05, 0) is 40.6 Å². The number of benzene rings is 3. The van der Waals surface area contributed by atoms with Crippen LogP contribution >= 0.6 is 0 Å². The Labute approximate surface area is 169 Å². The SMILES string of the molecule is CC(=O)NCCNC(=O)c1ccc(NC(=O)Cc2cccc3ccccc23)cc1. The molecule has 0 fully saturated rings. The van der Waals surface area contributed by atoms with E-state index in [0.717, 1.165) is 16.3 Å². The average molecular weight is 389 g/mol. The maximum atomic E-state index is 12.4. The fraction of sp³-hybridized carbons (Fsp3) is 0.174. The highest BCUT2D eigenvalue weighted by atomic mass is 16.2. The van der Waals surface area contributed by atoms with E-state index in [1.807, 2.05) is 42.5 Å². The van der Waals surface area contributed by atoms with Crippen LogP contribution < -0.4 is 16.0 Å². The van der Waals surface area contributed by atoms with Crippen LogP contribution in [-0.4, -0.2) is 30.8 Å². The molecule has 3 aromatic rings. The Kier molecular flexibility index (Phi) is 6.58. The van der Waals surface area contributed by atoms with Crippen molar-refractivity contribution in [2.75, 3.05) is 18.4 Å². The van der Waals surface area contributed by atoms with Gasteiger partial charge in [-0.25, -0.2) is 0 Å². The van der Waals surface area contributed by atoms with Crippen molar-refractivity contribution < 1.29 is 14.4 Å². The van der Waals surface area contributed by atoms with Gasteiger partial charge < -0.3 is 16.0 Å².